The summed E-state index contributed by atoms with van der Waals surface area (Å²) in [5.41, 5.74) is 4.91. The van der Waals surface area contributed by atoms with E-state index in [9.17, 15) is 13.2 Å². The zero-order valence-electron chi connectivity index (χ0n) is 20.6. The highest BCUT2D eigenvalue weighted by atomic mass is 32.2. The molecule has 1 atom stereocenters. The topological polar surface area (TPSA) is 69.7 Å². The predicted octanol–water partition coefficient (Wildman–Crippen LogP) is 3.56. The Balaban J connectivity index is 1.33. The zero-order chi connectivity index (χ0) is 24.3. The number of nitrogens with one attached hydrogen (secondary N) is 1. The summed E-state index contributed by atoms with van der Waals surface area (Å²) in [5.74, 6) is -0.136. The highest BCUT2D eigenvalue weighted by molar-refractivity contribution is 7.89. The van der Waals surface area contributed by atoms with E-state index in [-0.39, 0.29) is 17.9 Å². The minimum absolute atomic E-state index is 0.0200. The van der Waals surface area contributed by atoms with Gasteiger partial charge in [0.1, 0.15) is 0 Å². The number of carbonyl (C=O) groups excluding carboxylic acids is 1. The molecule has 4 rings (SSSR count). The van der Waals surface area contributed by atoms with Gasteiger partial charge < -0.3 is 10.2 Å². The number of hydrogen-bond donors (Lipinski definition) is 1. The Bertz CT molecular complexity index is 1100. The van der Waals surface area contributed by atoms with Gasteiger partial charge in [-0.1, -0.05) is 37.3 Å². The Hall–Kier alpha value is -2.22. The number of piperidine rings is 1. The van der Waals surface area contributed by atoms with Crippen molar-refractivity contribution in [2.45, 2.75) is 56.4 Å². The number of hydrogen-bond acceptors (Lipinski definition) is 4. The van der Waals surface area contributed by atoms with Gasteiger partial charge >= 0.3 is 0 Å². The molecule has 2 aromatic rings. The number of rotatable bonds is 8. The lowest BCUT2D eigenvalue weighted by molar-refractivity contribution is -0.126. The molecule has 1 heterocycles. The van der Waals surface area contributed by atoms with Crippen molar-refractivity contribution in [1.29, 1.82) is 0 Å². The third-order valence-corrected chi connectivity index (χ3v) is 9.29. The Morgan fingerprint density at radius 1 is 1.06 bits per heavy atom. The van der Waals surface area contributed by atoms with Crippen LogP contribution < -0.4 is 5.32 Å². The molecule has 1 amide bonds. The van der Waals surface area contributed by atoms with Crippen LogP contribution in [0, 0.1) is 5.92 Å². The smallest absolute Gasteiger partial charge is 0.243 e. The molecular formula is C27H37N3O3S. The fourth-order valence-electron chi connectivity index (χ4n) is 5.13. The maximum atomic E-state index is 13.2. The highest BCUT2D eigenvalue weighted by Crippen LogP contribution is 2.29. The molecule has 1 aliphatic carbocycles. The van der Waals surface area contributed by atoms with Crippen molar-refractivity contribution in [2.75, 3.05) is 33.7 Å². The lowest BCUT2D eigenvalue weighted by Crippen LogP contribution is -2.44. The Morgan fingerprint density at radius 2 is 1.74 bits per heavy atom. The minimum atomic E-state index is -3.52. The normalized spacial score (nSPS) is 18.1. The van der Waals surface area contributed by atoms with Crippen LogP contribution in [0.5, 0.6) is 0 Å². The van der Waals surface area contributed by atoms with E-state index >= 15 is 0 Å². The van der Waals surface area contributed by atoms with Crippen molar-refractivity contribution in [3.8, 4) is 0 Å². The van der Waals surface area contributed by atoms with Gasteiger partial charge in [0.25, 0.3) is 0 Å². The largest absolute Gasteiger partial charge is 0.354 e. The van der Waals surface area contributed by atoms with Crippen molar-refractivity contribution in [2.24, 2.45) is 5.92 Å². The van der Waals surface area contributed by atoms with Crippen LogP contribution in [0.2, 0.25) is 0 Å². The molecule has 0 unspecified atom stereocenters. The number of fused-ring (bicyclic) bond motifs is 1. The Labute approximate surface area is 204 Å². The molecule has 0 spiro atoms. The predicted molar refractivity (Wildman–Crippen MR) is 135 cm³/mol. The first-order valence-electron chi connectivity index (χ1n) is 12.4. The van der Waals surface area contributed by atoms with Crippen LogP contribution >= 0.6 is 0 Å². The van der Waals surface area contributed by atoms with Gasteiger partial charge in [0.15, 0.2) is 0 Å². The first-order chi connectivity index (χ1) is 16.3. The van der Waals surface area contributed by atoms with Gasteiger partial charge in [-0.2, -0.15) is 4.31 Å². The second kappa shape index (κ2) is 10.6. The van der Waals surface area contributed by atoms with E-state index in [4.69, 9.17) is 0 Å². The number of nitrogens with zero attached hydrogens (tertiary/aromatic N) is 2. The number of amides is 1. The van der Waals surface area contributed by atoms with Crippen molar-refractivity contribution in [3.05, 3.63) is 64.7 Å². The summed E-state index contributed by atoms with van der Waals surface area (Å²) >= 11 is 0. The maximum Gasteiger partial charge on any atom is 0.243 e. The van der Waals surface area contributed by atoms with Crippen LogP contribution in [0.4, 0.5) is 0 Å². The summed E-state index contributed by atoms with van der Waals surface area (Å²) in [6.07, 6.45) is 5.19. The second-order valence-electron chi connectivity index (χ2n) is 9.78. The summed E-state index contributed by atoms with van der Waals surface area (Å²) in [6, 6.07) is 14.2. The molecule has 0 aromatic heterocycles. The van der Waals surface area contributed by atoms with Crippen LogP contribution in [0.15, 0.2) is 47.4 Å². The van der Waals surface area contributed by atoms with Crippen molar-refractivity contribution in [3.63, 3.8) is 0 Å². The molecule has 34 heavy (non-hydrogen) atoms. The Kier molecular flexibility index (Phi) is 7.75. The summed E-state index contributed by atoms with van der Waals surface area (Å²) in [4.78, 5) is 15.4. The molecule has 0 radical (unpaired) electrons. The van der Waals surface area contributed by atoms with Gasteiger partial charge in [0.2, 0.25) is 15.9 Å². The summed E-state index contributed by atoms with van der Waals surface area (Å²) in [7, 11) is 0.525. The summed E-state index contributed by atoms with van der Waals surface area (Å²) in [5, 5.41) is 3.13. The molecule has 1 fully saturated rings. The van der Waals surface area contributed by atoms with Gasteiger partial charge in [-0.3, -0.25) is 4.79 Å². The molecule has 1 N–H and O–H groups in total. The van der Waals surface area contributed by atoms with Crippen molar-refractivity contribution in [1.82, 2.24) is 14.5 Å². The molecule has 0 saturated carbocycles. The number of likely N-dealkylation sites (N-methyl/N-ethyl adjacent to an activating group) is 1. The fraction of sp³-hybridized carbons (Fsp3) is 0.519. The van der Waals surface area contributed by atoms with E-state index in [1.165, 1.54) is 16.7 Å². The monoisotopic (exact) mass is 483 g/mol. The van der Waals surface area contributed by atoms with Gasteiger partial charge in [0, 0.05) is 25.6 Å². The molecule has 6 nitrogen and oxygen atoms in total. The molecule has 1 saturated heterocycles. The number of carbonyl (C=O) groups is 1. The van der Waals surface area contributed by atoms with Crippen LogP contribution in [0.25, 0.3) is 0 Å². The lowest BCUT2D eigenvalue weighted by atomic mass is 9.96. The summed E-state index contributed by atoms with van der Waals surface area (Å²) in [6.45, 7) is 3.44. The maximum absolute atomic E-state index is 13.2. The van der Waals surface area contributed by atoms with Crippen LogP contribution in [-0.4, -0.2) is 57.3 Å². The minimum Gasteiger partial charge on any atom is -0.354 e. The quantitative estimate of drug-likeness (QED) is 0.623. The van der Waals surface area contributed by atoms with Crippen molar-refractivity contribution >= 4 is 15.9 Å². The number of sulfonamides is 1. The first-order valence-corrected chi connectivity index (χ1v) is 13.9. The molecule has 184 valence electrons. The van der Waals surface area contributed by atoms with Gasteiger partial charge in [-0.05, 0) is 87.0 Å². The lowest BCUT2D eigenvalue weighted by Gasteiger charge is -2.31. The average Bonchev–Trinajstić information content (AvgIpc) is 3.32. The van der Waals surface area contributed by atoms with E-state index in [0.717, 1.165) is 31.2 Å². The fourth-order valence-corrected chi connectivity index (χ4v) is 6.65. The van der Waals surface area contributed by atoms with Crippen molar-refractivity contribution < 1.29 is 13.2 Å². The van der Waals surface area contributed by atoms with Crippen LogP contribution in [0.1, 0.15) is 54.5 Å². The van der Waals surface area contributed by atoms with Gasteiger partial charge in [0.05, 0.1) is 10.9 Å². The van der Waals surface area contributed by atoms with E-state index in [1.807, 2.05) is 26.2 Å². The number of aryl methyl sites for hydroxylation is 3. The van der Waals surface area contributed by atoms with E-state index in [0.29, 0.717) is 37.4 Å². The molecule has 2 aliphatic rings. The molecule has 0 bridgehead atoms. The van der Waals surface area contributed by atoms with Gasteiger partial charge in [-0.25, -0.2) is 8.42 Å². The van der Waals surface area contributed by atoms with E-state index in [2.05, 4.69) is 41.4 Å². The van der Waals surface area contributed by atoms with Crippen LogP contribution in [0.3, 0.4) is 0 Å². The summed E-state index contributed by atoms with van der Waals surface area (Å²) < 4.78 is 27.9. The zero-order valence-corrected chi connectivity index (χ0v) is 21.4. The van der Waals surface area contributed by atoms with E-state index < -0.39 is 10.0 Å². The first kappa shape index (κ1) is 24.9. The second-order valence-corrected chi connectivity index (χ2v) is 11.7. The third kappa shape index (κ3) is 5.37. The van der Waals surface area contributed by atoms with Gasteiger partial charge in [-0.15, -0.1) is 0 Å². The third-order valence-electron chi connectivity index (χ3n) is 7.40. The standard InChI is InChI=1S/C27H37N3O3S/c1-4-20-8-10-22(11-9-20)26(29(2)3)19-28-27(31)23-14-16-30(17-15-23)34(32,33)25-13-12-21-6-5-7-24(21)18-25/h8-13,18,23,26H,4-7,14-17,19H2,1-3H3,(H,28,31)/t26-/m0/s1. The van der Waals surface area contributed by atoms with Crippen LogP contribution in [-0.2, 0) is 34.1 Å². The highest BCUT2D eigenvalue weighted by Gasteiger charge is 2.33. The SMILES string of the molecule is CCc1ccc([C@H](CNC(=O)C2CCN(S(=O)(=O)c3ccc4c(c3)CCC4)CC2)N(C)C)cc1. The van der Waals surface area contributed by atoms with E-state index in [1.54, 1.807) is 10.4 Å². The Morgan fingerprint density at radius 3 is 2.38 bits per heavy atom. The number of benzene rings is 2. The molecule has 1 aliphatic heterocycles. The average molecular weight is 484 g/mol. The molecular weight excluding hydrogens is 446 g/mol. The molecule has 2 aromatic carbocycles. The molecule has 7 heteroatoms.